The van der Waals surface area contributed by atoms with Crippen molar-refractivity contribution in [3.8, 4) is 6.01 Å². The smallest absolute Gasteiger partial charge is 0.322 e. The van der Waals surface area contributed by atoms with E-state index in [2.05, 4.69) is 25.7 Å². The topological polar surface area (TPSA) is 98.0 Å². The molecule has 0 aliphatic rings. The first-order valence-corrected chi connectivity index (χ1v) is 5.87. The summed E-state index contributed by atoms with van der Waals surface area (Å²) in [6.07, 6.45) is 0. The van der Waals surface area contributed by atoms with E-state index >= 15 is 0 Å². The number of ether oxygens (including phenoxy) is 1. The third kappa shape index (κ3) is 3.14. The van der Waals surface area contributed by atoms with Gasteiger partial charge < -0.3 is 10.1 Å². The molecule has 19 heavy (non-hydrogen) atoms. The van der Waals surface area contributed by atoms with Crippen molar-refractivity contribution in [3.05, 3.63) is 28.2 Å². The minimum Gasteiger partial charge on any atom is -0.467 e. The lowest BCUT2D eigenvalue weighted by molar-refractivity contribution is 0.379. The molecule has 0 aliphatic carbocycles. The normalized spacial score (nSPS) is 10.1. The molecule has 1 aromatic carbocycles. The Morgan fingerprint density at radius 1 is 1.16 bits per heavy atom. The predicted octanol–water partition coefficient (Wildman–Crippen LogP) is 2.22. The molecule has 2 aromatic rings. The van der Waals surface area contributed by atoms with Crippen LogP contribution in [0, 0.1) is 0 Å². The van der Waals surface area contributed by atoms with Crippen molar-refractivity contribution in [2.24, 2.45) is 5.84 Å². The maximum atomic E-state index is 6.05. The summed E-state index contributed by atoms with van der Waals surface area (Å²) in [5, 5.41) is 3.70. The van der Waals surface area contributed by atoms with E-state index in [1.807, 2.05) is 0 Å². The number of rotatable bonds is 4. The van der Waals surface area contributed by atoms with Crippen LogP contribution in [0.3, 0.4) is 0 Å². The van der Waals surface area contributed by atoms with Gasteiger partial charge in [-0.2, -0.15) is 15.0 Å². The number of hydrazine groups is 1. The second kappa shape index (κ2) is 5.87. The summed E-state index contributed by atoms with van der Waals surface area (Å²) >= 11 is 12.0. The Morgan fingerprint density at radius 2 is 1.89 bits per heavy atom. The highest BCUT2D eigenvalue weighted by atomic mass is 35.5. The van der Waals surface area contributed by atoms with E-state index in [-0.39, 0.29) is 17.9 Å². The van der Waals surface area contributed by atoms with E-state index in [1.54, 1.807) is 18.2 Å². The number of hydrogen-bond donors (Lipinski definition) is 3. The second-order valence-electron chi connectivity index (χ2n) is 3.34. The first-order valence-electron chi connectivity index (χ1n) is 5.11. The van der Waals surface area contributed by atoms with E-state index in [0.717, 1.165) is 0 Å². The van der Waals surface area contributed by atoms with Gasteiger partial charge in [0, 0.05) is 0 Å². The Hall–Kier alpha value is -1.83. The van der Waals surface area contributed by atoms with Crippen LogP contribution in [0.5, 0.6) is 6.01 Å². The number of nitrogen functional groups attached to an aromatic ring is 1. The van der Waals surface area contributed by atoms with Crippen LogP contribution in [0.15, 0.2) is 18.2 Å². The van der Waals surface area contributed by atoms with E-state index in [0.29, 0.717) is 15.7 Å². The van der Waals surface area contributed by atoms with Gasteiger partial charge >= 0.3 is 6.01 Å². The quantitative estimate of drug-likeness (QED) is 0.588. The van der Waals surface area contributed by atoms with Crippen molar-refractivity contribution in [2.45, 2.75) is 0 Å². The molecule has 0 bridgehead atoms. The van der Waals surface area contributed by atoms with Gasteiger partial charge in [0.05, 0.1) is 22.8 Å². The van der Waals surface area contributed by atoms with Gasteiger partial charge in [0.2, 0.25) is 11.9 Å². The molecule has 0 aliphatic heterocycles. The highest BCUT2D eigenvalue weighted by Gasteiger charge is 2.09. The Morgan fingerprint density at radius 3 is 2.58 bits per heavy atom. The van der Waals surface area contributed by atoms with Gasteiger partial charge in [-0.3, -0.25) is 5.43 Å². The molecule has 0 saturated heterocycles. The van der Waals surface area contributed by atoms with Crippen LogP contribution in [-0.2, 0) is 0 Å². The molecule has 1 heterocycles. The fraction of sp³-hybridized carbons (Fsp3) is 0.100. The molecule has 100 valence electrons. The van der Waals surface area contributed by atoms with Crippen LogP contribution in [-0.4, -0.2) is 22.1 Å². The fourth-order valence-electron chi connectivity index (χ4n) is 1.29. The van der Waals surface area contributed by atoms with Crippen molar-refractivity contribution in [1.82, 2.24) is 15.0 Å². The molecule has 0 spiro atoms. The number of methoxy groups -OCH3 is 1. The number of halogens is 2. The van der Waals surface area contributed by atoms with Gasteiger partial charge in [0.15, 0.2) is 0 Å². The number of nitrogens with two attached hydrogens (primary N) is 1. The maximum absolute atomic E-state index is 6.05. The van der Waals surface area contributed by atoms with Gasteiger partial charge in [-0.1, -0.05) is 29.3 Å². The molecule has 0 radical (unpaired) electrons. The van der Waals surface area contributed by atoms with Crippen LogP contribution in [0.2, 0.25) is 10.0 Å². The Kier molecular flexibility index (Phi) is 4.20. The summed E-state index contributed by atoms with van der Waals surface area (Å²) in [6.45, 7) is 0. The third-order valence-electron chi connectivity index (χ3n) is 2.12. The molecular weight excluding hydrogens is 291 g/mol. The summed E-state index contributed by atoms with van der Waals surface area (Å²) in [4.78, 5) is 11.9. The average Bonchev–Trinajstić information content (AvgIpc) is 2.43. The summed E-state index contributed by atoms with van der Waals surface area (Å²) in [7, 11) is 1.44. The standard InChI is InChI=1S/C10H10Cl2N6O/c1-19-10-16-8(15-9(17-10)18-13)14-6-4-2-3-5(11)7(6)12/h2-4H,13H2,1H3,(H2,14,15,16,17,18). The van der Waals surface area contributed by atoms with Gasteiger partial charge in [-0.05, 0) is 12.1 Å². The molecule has 0 saturated carbocycles. The monoisotopic (exact) mass is 300 g/mol. The molecule has 9 heteroatoms. The summed E-state index contributed by atoms with van der Waals surface area (Å²) in [6, 6.07) is 5.27. The molecular formula is C10H10Cl2N6O. The highest BCUT2D eigenvalue weighted by molar-refractivity contribution is 6.43. The van der Waals surface area contributed by atoms with Crippen molar-refractivity contribution in [3.63, 3.8) is 0 Å². The summed E-state index contributed by atoms with van der Waals surface area (Å²) < 4.78 is 4.93. The average molecular weight is 301 g/mol. The van der Waals surface area contributed by atoms with Crippen LogP contribution in [0.25, 0.3) is 0 Å². The highest BCUT2D eigenvalue weighted by Crippen LogP contribution is 2.31. The minimum absolute atomic E-state index is 0.114. The van der Waals surface area contributed by atoms with Crippen molar-refractivity contribution in [1.29, 1.82) is 0 Å². The zero-order valence-corrected chi connectivity index (χ0v) is 11.3. The Bertz CT molecular complexity index is 572. The number of nitrogens with one attached hydrogen (secondary N) is 2. The molecule has 0 unspecified atom stereocenters. The Labute approximate surface area is 119 Å². The van der Waals surface area contributed by atoms with Crippen molar-refractivity contribution < 1.29 is 4.74 Å². The lowest BCUT2D eigenvalue weighted by atomic mass is 10.3. The maximum Gasteiger partial charge on any atom is 0.322 e. The van der Waals surface area contributed by atoms with Gasteiger partial charge in [0.25, 0.3) is 0 Å². The van der Waals surface area contributed by atoms with E-state index in [9.17, 15) is 0 Å². The van der Waals surface area contributed by atoms with Crippen molar-refractivity contribution >= 4 is 40.8 Å². The number of nitrogens with zero attached hydrogens (tertiary/aromatic N) is 3. The molecule has 0 amide bonds. The van der Waals surface area contributed by atoms with Crippen LogP contribution < -0.4 is 21.3 Å². The molecule has 0 fully saturated rings. The van der Waals surface area contributed by atoms with Gasteiger partial charge in [-0.25, -0.2) is 5.84 Å². The van der Waals surface area contributed by atoms with E-state index in [4.69, 9.17) is 33.8 Å². The number of aromatic nitrogens is 3. The number of benzene rings is 1. The number of hydrogen-bond acceptors (Lipinski definition) is 7. The SMILES string of the molecule is COc1nc(NN)nc(Nc2cccc(Cl)c2Cl)n1. The third-order valence-corrected chi connectivity index (χ3v) is 2.94. The predicted molar refractivity (Wildman–Crippen MR) is 73.9 cm³/mol. The van der Waals surface area contributed by atoms with E-state index in [1.165, 1.54) is 7.11 Å². The summed E-state index contributed by atoms with van der Waals surface area (Å²) in [5.41, 5.74) is 2.87. The Balaban J connectivity index is 2.34. The molecule has 1 aromatic heterocycles. The van der Waals surface area contributed by atoms with Gasteiger partial charge in [-0.15, -0.1) is 0 Å². The zero-order chi connectivity index (χ0) is 13.8. The second-order valence-corrected chi connectivity index (χ2v) is 4.13. The first kappa shape index (κ1) is 13.6. The lowest BCUT2D eigenvalue weighted by Crippen LogP contribution is -2.13. The van der Waals surface area contributed by atoms with Crippen molar-refractivity contribution in [2.75, 3.05) is 17.9 Å². The molecule has 2 rings (SSSR count). The van der Waals surface area contributed by atoms with E-state index < -0.39 is 0 Å². The summed E-state index contributed by atoms with van der Waals surface area (Å²) in [5.74, 6) is 5.64. The van der Waals surface area contributed by atoms with Crippen LogP contribution in [0.4, 0.5) is 17.6 Å². The molecule has 7 nitrogen and oxygen atoms in total. The largest absolute Gasteiger partial charge is 0.467 e. The first-order chi connectivity index (χ1) is 9.13. The molecule has 4 N–H and O–H groups in total. The van der Waals surface area contributed by atoms with Gasteiger partial charge in [0.1, 0.15) is 0 Å². The fourth-order valence-corrected chi connectivity index (χ4v) is 1.64. The zero-order valence-electron chi connectivity index (χ0n) is 9.82. The number of anilines is 3. The molecule has 0 atom stereocenters. The van der Waals surface area contributed by atoms with Crippen LogP contribution in [0.1, 0.15) is 0 Å². The van der Waals surface area contributed by atoms with Crippen LogP contribution >= 0.6 is 23.2 Å². The lowest BCUT2D eigenvalue weighted by Gasteiger charge is -2.09. The minimum atomic E-state index is 0.114.